The van der Waals surface area contributed by atoms with Gasteiger partial charge in [-0.1, -0.05) is 6.92 Å². The van der Waals surface area contributed by atoms with E-state index in [1.807, 2.05) is 0 Å². The molecule has 2 unspecified atom stereocenters. The summed E-state index contributed by atoms with van der Waals surface area (Å²) in [4.78, 5) is 2.46. The summed E-state index contributed by atoms with van der Waals surface area (Å²) >= 11 is 3.00. The largest absolute Gasteiger partial charge is 0.380 e. The Labute approximate surface area is 134 Å². The number of hydrogen-bond donors (Lipinski definition) is 1. The molecular formula is C16H23BrF2N2. The molecule has 118 valence electrons. The average Bonchev–Trinajstić information content (AvgIpc) is 2.45. The third-order valence-corrected chi connectivity index (χ3v) is 4.79. The van der Waals surface area contributed by atoms with Crippen LogP contribution in [-0.2, 0) is 0 Å². The standard InChI is InChI=1S/C16H23BrF2N2/c1-3-6-21-7-4-5-12(10-21)11(2)20-16-9-14(18)13(17)8-15(16)19/h8-9,11-12,20H,3-7,10H2,1-2H3. The van der Waals surface area contributed by atoms with Gasteiger partial charge in [-0.15, -0.1) is 0 Å². The van der Waals surface area contributed by atoms with Crippen LogP contribution in [0.5, 0.6) is 0 Å². The molecule has 0 radical (unpaired) electrons. The monoisotopic (exact) mass is 360 g/mol. The summed E-state index contributed by atoms with van der Waals surface area (Å²) in [6, 6.07) is 2.52. The molecule has 1 saturated heterocycles. The number of piperidine rings is 1. The molecule has 0 aliphatic carbocycles. The third kappa shape index (κ3) is 4.39. The Morgan fingerprint density at radius 1 is 1.38 bits per heavy atom. The lowest BCUT2D eigenvalue weighted by molar-refractivity contribution is 0.165. The first-order valence-electron chi connectivity index (χ1n) is 7.64. The fraction of sp³-hybridized carbons (Fsp3) is 0.625. The molecule has 0 spiro atoms. The van der Waals surface area contributed by atoms with E-state index in [1.165, 1.54) is 18.6 Å². The van der Waals surface area contributed by atoms with Crippen LogP contribution in [0.1, 0.15) is 33.1 Å². The Morgan fingerprint density at radius 3 is 2.86 bits per heavy atom. The molecule has 1 fully saturated rings. The van der Waals surface area contributed by atoms with Gasteiger partial charge in [0.2, 0.25) is 0 Å². The first-order chi connectivity index (χ1) is 10.0. The lowest BCUT2D eigenvalue weighted by atomic mass is 9.91. The molecule has 0 aromatic heterocycles. The van der Waals surface area contributed by atoms with Crippen LogP contribution in [0.4, 0.5) is 14.5 Å². The lowest BCUT2D eigenvalue weighted by Gasteiger charge is -2.36. The normalized spacial score (nSPS) is 21.3. The third-order valence-electron chi connectivity index (χ3n) is 4.18. The van der Waals surface area contributed by atoms with Gasteiger partial charge >= 0.3 is 0 Å². The highest BCUT2D eigenvalue weighted by atomic mass is 79.9. The molecule has 2 atom stereocenters. The summed E-state index contributed by atoms with van der Waals surface area (Å²) in [5, 5.41) is 3.15. The molecule has 1 aromatic rings. The number of rotatable bonds is 5. The first-order valence-corrected chi connectivity index (χ1v) is 8.44. The van der Waals surface area contributed by atoms with Crippen LogP contribution in [0, 0.1) is 17.6 Å². The summed E-state index contributed by atoms with van der Waals surface area (Å²) < 4.78 is 27.6. The molecule has 0 saturated carbocycles. The van der Waals surface area contributed by atoms with Gasteiger partial charge in [-0.2, -0.15) is 0 Å². The number of halogens is 3. The van der Waals surface area contributed by atoms with E-state index < -0.39 is 11.6 Å². The van der Waals surface area contributed by atoms with Crippen LogP contribution in [-0.4, -0.2) is 30.6 Å². The molecule has 1 N–H and O–H groups in total. The maximum Gasteiger partial charge on any atom is 0.147 e. The average molecular weight is 361 g/mol. The molecule has 1 aliphatic heterocycles. The van der Waals surface area contributed by atoms with E-state index in [0.29, 0.717) is 5.92 Å². The Kier molecular flexibility index (Phi) is 5.99. The van der Waals surface area contributed by atoms with E-state index >= 15 is 0 Å². The van der Waals surface area contributed by atoms with Crippen molar-refractivity contribution in [3.05, 3.63) is 28.2 Å². The van der Waals surface area contributed by atoms with E-state index in [9.17, 15) is 8.78 Å². The van der Waals surface area contributed by atoms with Gasteiger partial charge in [0.05, 0.1) is 10.2 Å². The van der Waals surface area contributed by atoms with Crippen molar-refractivity contribution < 1.29 is 8.78 Å². The minimum absolute atomic E-state index is 0.125. The number of anilines is 1. The molecule has 0 bridgehead atoms. The van der Waals surface area contributed by atoms with Crippen LogP contribution in [0.3, 0.4) is 0 Å². The minimum Gasteiger partial charge on any atom is -0.380 e. The number of hydrogen-bond acceptors (Lipinski definition) is 2. The highest BCUT2D eigenvalue weighted by molar-refractivity contribution is 9.10. The summed E-state index contributed by atoms with van der Waals surface area (Å²) in [6.07, 6.45) is 3.46. The van der Waals surface area contributed by atoms with Crippen molar-refractivity contribution in [2.24, 2.45) is 5.92 Å². The molecule has 1 heterocycles. The molecule has 21 heavy (non-hydrogen) atoms. The highest BCUT2D eigenvalue weighted by Gasteiger charge is 2.24. The first kappa shape index (κ1) is 16.7. The molecule has 1 aromatic carbocycles. The van der Waals surface area contributed by atoms with Gasteiger partial charge in [0.15, 0.2) is 0 Å². The van der Waals surface area contributed by atoms with Crippen LogP contribution >= 0.6 is 15.9 Å². The zero-order valence-electron chi connectivity index (χ0n) is 12.6. The van der Waals surface area contributed by atoms with Gasteiger partial charge in [0, 0.05) is 18.7 Å². The molecule has 2 rings (SSSR count). The molecule has 2 nitrogen and oxygen atoms in total. The van der Waals surface area contributed by atoms with Crippen LogP contribution in [0.25, 0.3) is 0 Å². The van der Waals surface area contributed by atoms with E-state index in [0.717, 1.165) is 32.5 Å². The molecule has 0 amide bonds. The van der Waals surface area contributed by atoms with Gasteiger partial charge in [0.25, 0.3) is 0 Å². The second-order valence-corrected chi connectivity index (χ2v) is 6.74. The van der Waals surface area contributed by atoms with Gasteiger partial charge in [0.1, 0.15) is 11.6 Å². The maximum absolute atomic E-state index is 13.9. The lowest BCUT2D eigenvalue weighted by Crippen LogP contribution is -2.42. The van der Waals surface area contributed by atoms with Crippen molar-refractivity contribution in [2.75, 3.05) is 25.0 Å². The van der Waals surface area contributed by atoms with Crippen LogP contribution in [0.2, 0.25) is 0 Å². The number of likely N-dealkylation sites (tertiary alicyclic amines) is 1. The molecular weight excluding hydrogens is 338 g/mol. The zero-order chi connectivity index (χ0) is 15.4. The van der Waals surface area contributed by atoms with E-state index in [2.05, 4.69) is 40.0 Å². The van der Waals surface area contributed by atoms with Crippen molar-refractivity contribution in [3.63, 3.8) is 0 Å². The second-order valence-electron chi connectivity index (χ2n) is 5.88. The summed E-state index contributed by atoms with van der Waals surface area (Å²) in [7, 11) is 0. The second kappa shape index (κ2) is 7.54. The van der Waals surface area contributed by atoms with Crippen molar-refractivity contribution in [2.45, 2.75) is 39.2 Å². The van der Waals surface area contributed by atoms with Crippen molar-refractivity contribution in [1.29, 1.82) is 0 Å². The SMILES string of the molecule is CCCN1CCCC(C(C)Nc2cc(F)c(Br)cc2F)C1. The topological polar surface area (TPSA) is 15.3 Å². The van der Waals surface area contributed by atoms with Gasteiger partial charge < -0.3 is 10.2 Å². The maximum atomic E-state index is 13.9. The smallest absolute Gasteiger partial charge is 0.147 e. The Morgan fingerprint density at radius 2 is 2.14 bits per heavy atom. The van der Waals surface area contributed by atoms with Crippen LogP contribution < -0.4 is 5.32 Å². The Balaban J connectivity index is 2.00. The Bertz CT molecular complexity index is 480. The minimum atomic E-state index is -0.442. The zero-order valence-corrected chi connectivity index (χ0v) is 14.2. The van der Waals surface area contributed by atoms with E-state index in [4.69, 9.17) is 0 Å². The number of nitrogens with one attached hydrogen (secondary N) is 1. The van der Waals surface area contributed by atoms with Gasteiger partial charge in [-0.05, 0) is 67.2 Å². The molecule has 5 heteroatoms. The Hall–Kier alpha value is -0.680. The van der Waals surface area contributed by atoms with Crippen molar-refractivity contribution in [3.8, 4) is 0 Å². The van der Waals surface area contributed by atoms with E-state index in [-0.39, 0.29) is 16.2 Å². The summed E-state index contributed by atoms with van der Waals surface area (Å²) in [5.74, 6) is -0.393. The van der Waals surface area contributed by atoms with Gasteiger partial charge in [-0.3, -0.25) is 0 Å². The van der Waals surface area contributed by atoms with Crippen molar-refractivity contribution >= 4 is 21.6 Å². The quantitative estimate of drug-likeness (QED) is 0.768. The fourth-order valence-electron chi connectivity index (χ4n) is 3.02. The predicted molar refractivity (Wildman–Crippen MR) is 86.6 cm³/mol. The highest BCUT2D eigenvalue weighted by Crippen LogP contribution is 2.27. The number of benzene rings is 1. The number of nitrogens with zero attached hydrogens (tertiary/aromatic N) is 1. The van der Waals surface area contributed by atoms with Crippen molar-refractivity contribution in [1.82, 2.24) is 4.90 Å². The summed E-state index contributed by atoms with van der Waals surface area (Å²) in [5.41, 5.74) is 0.246. The fourth-order valence-corrected chi connectivity index (χ4v) is 3.33. The summed E-state index contributed by atoms with van der Waals surface area (Å²) in [6.45, 7) is 7.54. The molecule has 1 aliphatic rings. The van der Waals surface area contributed by atoms with E-state index in [1.54, 1.807) is 0 Å². The van der Waals surface area contributed by atoms with Gasteiger partial charge in [-0.25, -0.2) is 8.78 Å². The predicted octanol–water partition coefficient (Wildman–Crippen LogP) is 4.65. The van der Waals surface area contributed by atoms with Crippen LogP contribution in [0.15, 0.2) is 16.6 Å².